The topological polar surface area (TPSA) is 75.6 Å². The Balaban J connectivity index is 1.95. The zero-order chi connectivity index (χ0) is 17.5. The summed E-state index contributed by atoms with van der Waals surface area (Å²) in [6.45, 7) is -0.921. The molecule has 0 aliphatic rings. The highest BCUT2D eigenvalue weighted by atomic mass is 79.9. The molecule has 0 bridgehead atoms. The summed E-state index contributed by atoms with van der Waals surface area (Å²) >= 11 is 3.13. The lowest BCUT2D eigenvalue weighted by atomic mass is 10.2. The molecule has 1 amide bonds. The van der Waals surface area contributed by atoms with Gasteiger partial charge >= 0.3 is 5.97 Å². The van der Waals surface area contributed by atoms with E-state index in [0.29, 0.717) is 10.0 Å². The van der Waals surface area contributed by atoms with Crippen LogP contribution in [0, 0.1) is 5.82 Å². The number of amides is 1. The standard InChI is InChI=1S/C17H15BrFNO4/c18-13-7-6-12(14(19)8-13)10-24-17(23)15(9-21)20-16(22)11-4-2-1-3-5-11/h1-8,15,21H,9-10H2,(H,20,22). The van der Waals surface area contributed by atoms with E-state index < -0.39 is 30.3 Å². The van der Waals surface area contributed by atoms with Gasteiger partial charge in [0.05, 0.1) is 6.61 Å². The number of aliphatic hydroxyl groups excluding tert-OH is 1. The van der Waals surface area contributed by atoms with E-state index in [1.54, 1.807) is 36.4 Å². The summed E-state index contributed by atoms with van der Waals surface area (Å²) < 4.78 is 19.2. The Hall–Kier alpha value is -2.25. The third-order valence-corrected chi connectivity index (χ3v) is 3.69. The van der Waals surface area contributed by atoms with Gasteiger partial charge in [0.2, 0.25) is 0 Å². The minimum Gasteiger partial charge on any atom is -0.459 e. The Bertz CT molecular complexity index is 724. The number of aliphatic hydroxyl groups is 1. The molecular weight excluding hydrogens is 381 g/mol. The molecule has 2 rings (SSSR count). The summed E-state index contributed by atoms with van der Waals surface area (Å²) in [6, 6.07) is 11.4. The van der Waals surface area contributed by atoms with Crippen LogP contribution >= 0.6 is 15.9 Å². The Morgan fingerprint density at radius 3 is 2.54 bits per heavy atom. The predicted octanol–water partition coefficient (Wildman–Crippen LogP) is 2.42. The molecule has 0 aliphatic heterocycles. The highest BCUT2D eigenvalue weighted by Crippen LogP contribution is 2.16. The molecule has 1 unspecified atom stereocenters. The highest BCUT2D eigenvalue weighted by molar-refractivity contribution is 9.10. The van der Waals surface area contributed by atoms with Crippen molar-refractivity contribution in [3.8, 4) is 0 Å². The zero-order valence-corrected chi connectivity index (χ0v) is 14.1. The van der Waals surface area contributed by atoms with Crippen LogP contribution in [-0.4, -0.2) is 29.6 Å². The summed E-state index contributed by atoms with van der Waals surface area (Å²) in [5.41, 5.74) is 0.542. The van der Waals surface area contributed by atoms with Gasteiger partial charge in [-0.1, -0.05) is 40.2 Å². The van der Waals surface area contributed by atoms with Crippen molar-refractivity contribution in [2.45, 2.75) is 12.6 Å². The molecule has 2 aromatic carbocycles. The first-order valence-corrected chi connectivity index (χ1v) is 7.88. The van der Waals surface area contributed by atoms with Crippen LogP contribution in [0.3, 0.4) is 0 Å². The number of rotatable bonds is 6. The number of nitrogens with one attached hydrogen (secondary N) is 1. The molecular formula is C17H15BrFNO4. The summed E-state index contributed by atoms with van der Waals surface area (Å²) in [6.07, 6.45) is 0. The minimum absolute atomic E-state index is 0.192. The van der Waals surface area contributed by atoms with Crippen molar-refractivity contribution in [1.29, 1.82) is 0 Å². The zero-order valence-electron chi connectivity index (χ0n) is 12.5. The fraction of sp³-hybridized carbons (Fsp3) is 0.176. The van der Waals surface area contributed by atoms with E-state index in [-0.39, 0.29) is 12.2 Å². The van der Waals surface area contributed by atoms with E-state index in [1.165, 1.54) is 12.1 Å². The number of hydrogen-bond donors (Lipinski definition) is 2. The molecule has 24 heavy (non-hydrogen) atoms. The smallest absolute Gasteiger partial charge is 0.331 e. The Morgan fingerprint density at radius 1 is 1.21 bits per heavy atom. The van der Waals surface area contributed by atoms with Gasteiger partial charge < -0.3 is 15.2 Å². The van der Waals surface area contributed by atoms with Crippen LogP contribution in [-0.2, 0) is 16.1 Å². The summed E-state index contributed by atoms with van der Waals surface area (Å²) in [7, 11) is 0. The predicted molar refractivity (Wildman–Crippen MR) is 88.7 cm³/mol. The van der Waals surface area contributed by atoms with E-state index in [2.05, 4.69) is 21.2 Å². The lowest BCUT2D eigenvalue weighted by Crippen LogP contribution is -2.44. The van der Waals surface area contributed by atoms with Crippen LogP contribution in [0.1, 0.15) is 15.9 Å². The second-order valence-corrected chi connectivity index (χ2v) is 5.83. The second-order valence-electron chi connectivity index (χ2n) is 4.92. The maximum Gasteiger partial charge on any atom is 0.331 e. The number of carbonyl (C=O) groups excluding carboxylic acids is 2. The van der Waals surface area contributed by atoms with Crippen molar-refractivity contribution in [3.05, 3.63) is 69.9 Å². The number of carbonyl (C=O) groups is 2. The molecule has 7 heteroatoms. The fourth-order valence-electron chi connectivity index (χ4n) is 1.90. The number of ether oxygens (including phenoxy) is 1. The third kappa shape index (κ3) is 4.87. The van der Waals surface area contributed by atoms with Crippen LogP contribution in [0.5, 0.6) is 0 Å². The SMILES string of the molecule is O=C(NC(CO)C(=O)OCc1ccc(Br)cc1F)c1ccccc1. The van der Waals surface area contributed by atoms with Crippen LogP contribution in [0.25, 0.3) is 0 Å². The minimum atomic E-state index is -1.23. The molecule has 0 aromatic heterocycles. The molecule has 126 valence electrons. The van der Waals surface area contributed by atoms with Crippen molar-refractivity contribution < 1.29 is 23.8 Å². The number of hydrogen-bond acceptors (Lipinski definition) is 4. The maximum absolute atomic E-state index is 13.7. The van der Waals surface area contributed by atoms with Gasteiger partial charge in [-0.3, -0.25) is 4.79 Å². The molecule has 2 N–H and O–H groups in total. The Kier molecular flexibility index (Phi) is 6.45. The molecule has 5 nitrogen and oxygen atoms in total. The quantitative estimate of drug-likeness (QED) is 0.736. The normalized spacial score (nSPS) is 11.6. The third-order valence-electron chi connectivity index (χ3n) is 3.19. The summed E-state index contributed by atoms with van der Waals surface area (Å²) in [5.74, 6) is -1.88. The van der Waals surface area contributed by atoms with Crippen LogP contribution in [0.15, 0.2) is 53.0 Å². The first kappa shape index (κ1) is 18.1. The Labute approximate surface area is 146 Å². The average molecular weight is 396 g/mol. The van der Waals surface area contributed by atoms with Crippen molar-refractivity contribution in [2.75, 3.05) is 6.61 Å². The largest absolute Gasteiger partial charge is 0.459 e. The van der Waals surface area contributed by atoms with Gasteiger partial charge in [-0.25, -0.2) is 9.18 Å². The Morgan fingerprint density at radius 2 is 1.92 bits per heavy atom. The molecule has 0 saturated carbocycles. The van der Waals surface area contributed by atoms with E-state index >= 15 is 0 Å². The number of halogens is 2. The van der Waals surface area contributed by atoms with Gasteiger partial charge in [-0.15, -0.1) is 0 Å². The molecule has 0 radical (unpaired) electrons. The van der Waals surface area contributed by atoms with E-state index in [4.69, 9.17) is 4.74 Å². The van der Waals surface area contributed by atoms with Gasteiger partial charge in [0.25, 0.3) is 5.91 Å². The first-order valence-electron chi connectivity index (χ1n) is 7.08. The van der Waals surface area contributed by atoms with Crippen LogP contribution in [0.4, 0.5) is 4.39 Å². The number of esters is 1. The van der Waals surface area contributed by atoms with E-state index in [9.17, 15) is 19.1 Å². The molecule has 0 heterocycles. The molecule has 0 spiro atoms. The molecule has 1 atom stereocenters. The lowest BCUT2D eigenvalue weighted by molar-refractivity contribution is -0.148. The second kappa shape index (κ2) is 8.56. The van der Waals surface area contributed by atoms with Crippen LogP contribution in [0.2, 0.25) is 0 Å². The van der Waals surface area contributed by atoms with Gasteiger partial charge in [0.1, 0.15) is 12.4 Å². The van der Waals surface area contributed by atoms with Gasteiger partial charge in [0, 0.05) is 15.6 Å². The first-order chi connectivity index (χ1) is 11.5. The fourth-order valence-corrected chi connectivity index (χ4v) is 2.23. The van der Waals surface area contributed by atoms with E-state index in [1.807, 2.05) is 0 Å². The van der Waals surface area contributed by atoms with Gasteiger partial charge in [-0.05, 0) is 24.3 Å². The van der Waals surface area contributed by atoms with Crippen molar-refractivity contribution in [1.82, 2.24) is 5.32 Å². The highest BCUT2D eigenvalue weighted by Gasteiger charge is 2.22. The van der Waals surface area contributed by atoms with Crippen LogP contribution < -0.4 is 5.32 Å². The average Bonchev–Trinajstić information content (AvgIpc) is 2.59. The molecule has 0 saturated heterocycles. The van der Waals surface area contributed by atoms with Crippen molar-refractivity contribution >= 4 is 27.8 Å². The van der Waals surface area contributed by atoms with Gasteiger partial charge in [-0.2, -0.15) is 0 Å². The molecule has 2 aromatic rings. The molecule has 0 fully saturated rings. The molecule has 0 aliphatic carbocycles. The summed E-state index contributed by atoms with van der Waals surface area (Å²) in [5, 5.41) is 11.7. The maximum atomic E-state index is 13.7. The van der Waals surface area contributed by atoms with E-state index in [0.717, 1.165) is 0 Å². The number of benzene rings is 2. The van der Waals surface area contributed by atoms with Gasteiger partial charge in [0.15, 0.2) is 6.04 Å². The lowest BCUT2D eigenvalue weighted by Gasteiger charge is -2.15. The van der Waals surface area contributed by atoms with Crippen molar-refractivity contribution in [3.63, 3.8) is 0 Å². The van der Waals surface area contributed by atoms with Crippen molar-refractivity contribution in [2.24, 2.45) is 0 Å². The summed E-state index contributed by atoms with van der Waals surface area (Å²) in [4.78, 5) is 24.0. The monoisotopic (exact) mass is 395 g/mol.